The summed E-state index contributed by atoms with van der Waals surface area (Å²) >= 11 is 0. The van der Waals surface area contributed by atoms with Crippen LogP contribution in [-0.4, -0.2) is 16.4 Å². The number of aromatic amines is 1. The van der Waals surface area contributed by atoms with Crippen LogP contribution in [0, 0.1) is 0 Å². The zero-order valence-electron chi connectivity index (χ0n) is 14.7. The zero-order chi connectivity index (χ0) is 16.7. The minimum Gasteiger partial charge on any atom is -0.355 e. The second kappa shape index (κ2) is 5.65. The Kier molecular flexibility index (Phi) is 3.80. The lowest BCUT2D eigenvalue weighted by atomic mass is 10.1. The SMILES string of the molecule is CC1=N/C(=C\c2ccc(/C=C3\N=C(C)C(C)=C3C)[nH]2)C(C)=C1C. The molecule has 0 fully saturated rings. The van der Waals surface area contributed by atoms with E-state index in [1.54, 1.807) is 0 Å². The number of aromatic nitrogens is 1. The van der Waals surface area contributed by atoms with Crippen molar-refractivity contribution >= 4 is 23.6 Å². The lowest BCUT2D eigenvalue weighted by Gasteiger charge is -1.98. The van der Waals surface area contributed by atoms with Gasteiger partial charge in [0.1, 0.15) is 0 Å². The molecular formula is C20H23N3. The van der Waals surface area contributed by atoms with Gasteiger partial charge >= 0.3 is 0 Å². The van der Waals surface area contributed by atoms with Crippen LogP contribution >= 0.6 is 0 Å². The van der Waals surface area contributed by atoms with E-state index in [-0.39, 0.29) is 0 Å². The van der Waals surface area contributed by atoms with Gasteiger partial charge in [-0.2, -0.15) is 0 Å². The number of nitrogens with zero attached hydrogens (tertiary/aromatic N) is 2. The Morgan fingerprint density at radius 2 is 1.04 bits per heavy atom. The second-order valence-corrected chi connectivity index (χ2v) is 6.32. The number of hydrogen-bond acceptors (Lipinski definition) is 2. The molecule has 3 heteroatoms. The quantitative estimate of drug-likeness (QED) is 0.768. The minimum absolute atomic E-state index is 1.04. The molecule has 0 aromatic carbocycles. The van der Waals surface area contributed by atoms with E-state index in [4.69, 9.17) is 0 Å². The third-order valence-corrected chi connectivity index (χ3v) is 4.87. The predicted molar refractivity (Wildman–Crippen MR) is 99.7 cm³/mol. The summed E-state index contributed by atoms with van der Waals surface area (Å²) in [6.07, 6.45) is 4.21. The molecule has 0 saturated carbocycles. The summed E-state index contributed by atoms with van der Waals surface area (Å²) in [4.78, 5) is 12.7. The number of rotatable bonds is 2. The molecule has 0 spiro atoms. The van der Waals surface area contributed by atoms with E-state index in [2.05, 4.69) is 80.8 Å². The maximum absolute atomic E-state index is 4.63. The van der Waals surface area contributed by atoms with E-state index in [0.29, 0.717) is 0 Å². The fraction of sp³-hybridized carbons (Fsp3) is 0.300. The average molecular weight is 305 g/mol. The molecule has 0 bridgehead atoms. The molecule has 0 amide bonds. The molecule has 3 nitrogen and oxygen atoms in total. The Balaban J connectivity index is 1.89. The van der Waals surface area contributed by atoms with Crippen molar-refractivity contribution in [2.24, 2.45) is 9.98 Å². The molecule has 0 atom stereocenters. The molecule has 2 aliphatic heterocycles. The molecule has 23 heavy (non-hydrogen) atoms. The lowest BCUT2D eigenvalue weighted by molar-refractivity contribution is 1.28. The van der Waals surface area contributed by atoms with Crippen LogP contribution in [0.1, 0.15) is 52.9 Å². The Morgan fingerprint density at radius 1 is 0.652 bits per heavy atom. The number of aliphatic imine (C=N–C) groups is 2. The number of hydrogen-bond donors (Lipinski definition) is 1. The fourth-order valence-corrected chi connectivity index (χ4v) is 2.80. The van der Waals surface area contributed by atoms with Crippen molar-refractivity contribution in [3.05, 3.63) is 57.2 Å². The van der Waals surface area contributed by atoms with Gasteiger partial charge in [0.15, 0.2) is 0 Å². The number of nitrogens with one attached hydrogen (secondary N) is 1. The molecule has 118 valence electrons. The highest BCUT2D eigenvalue weighted by Crippen LogP contribution is 2.28. The first-order valence-electron chi connectivity index (χ1n) is 7.96. The highest BCUT2D eigenvalue weighted by Gasteiger charge is 2.15. The topological polar surface area (TPSA) is 40.5 Å². The van der Waals surface area contributed by atoms with Gasteiger partial charge in [-0.3, -0.25) is 9.98 Å². The van der Waals surface area contributed by atoms with Crippen LogP contribution in [0.25, 0.3) is 12.2 Å². The highest BCUT2D eigenvalue weighted by atomic mass is 14.8. The van der Waals surface area contributed by atoms with Crippen molar-refractivity contribution in [3.8, 4) is 0 Å². The monoisotopic (exact) mass is 305 g/mol. The first kappa shape index (κ1) is 15.5. The Bertz CT molecular complexity index is 794. The van der Waals surface area contributed by atoms with Gasteiger partial charge in [0.05, 0.1) is 11.4 Å². The molecule has 1 aromatic rings. The van der Waals surface area contributed by atoms with Crippen LogP contribution in [0.3, 0.4) is 0 Å². The van der Waals surface area contributed by atoms with Crippen molar-refractivity contribution in [2.45, 2.75) is 41.5 Å². The van der Waals surface area contributed by atoms with Crippen LogP contribution in [0.15, 0.2) is 55.8 Å². The maximum Gasteiger partial charge on any atom is 0.0686 e. The van der Waals surface area contributed by atoms with Gasteiger partial charge in [-0.15, -0.1) is 0 Å². The molecule has 0 saturated heterocycles. The van der Waals surface area contributed by atoms with E-state index in [9.17, 15) is 0 Å². The molecule has 2 aliphatic rings. The van der Waals surface area contributed by atoms with Gasteiger partial charge in [0.25, 0.3) is 0 Å². The van der Waals surface area contributed by atoms with Crippen molar-refractivity contribution in [3.63, 3.8) is 0 Å². The van der Waals surface area contributed by atoms with Gasteiger partial charge in [-0.1, -0.05) is 0 Å². The van der Waals surface area contributed by atoms with E-state index in [1.165, 1.54) is 22.3 Å². The molecular weight excluding hydrogens is 282 g/mol. The van der Waals surface area contributed by atoms with Crippen molar-refractivity contribution in [1.82, 2.24) is 4.98 Å². The van der Waals surface area contributed by atoms with E-state index >= 15 is 0 Å². The molecule has 3 rings (SSSR count). The summed E-state index contributed by atoms with van der Waals surface area (Å²) in [5.74, 6) is 0. The number of H-pyrrole nitrogens is 1. The normalized spacial score (nSPS) is 21.8. The van der Waals surface area contributed by atoms with Gasteiger partial charge < -0.3 is 4.98 Å². The van der Waals surface area contributed by atoms with Crippen LogP contribution < -0.4 is 0 Å². The Hall–Kier alpha value is -2.42. The van der Waals surface area contributed by atoms with Crippen molar-refractivity contribution in [2.75, 3.05) is 0 Å². The average Bonchev–Trinajstić information content (AvgIpc) is 3.12. The van der Waals surface area contributed by atoms with Crippen LogP contribution in [0.4, 0.5) is 0 Å². The summed E-state index contributed by atoms with van der Waals surface area (Å²) in [7, 11) is 0. The van der Waals surface area contributed by atoms with E-state index in [0.717, 1.165) is 34.2 Å². The third-order valence-electron chi connectivity index (χ3n) is 4.87. The Labute approximate surface area is 138 Å². The van der Waals surface area contributed by atoms with Crippen molar-refractivity contribution < 1.29 is 0 Å². The van der Waals surface area contributed by atoms with Crippen LogP contribution in [0.2, 0.25) is 0 Å². The smallest absolute Gasteiger partial charge is 0.0686 e. The standard InChI is InChI=1S/C20H23N3/c1-11-13(3)19(21-15(11)5)9-17-7-8-18(23-17)10-20-14(4)12(2)16(6)22-20/h7-10,23H,1-6H3/b19-9-,20-10-. The lowest BCUT2D eigenvalue weighted by Crippen LogP contribution is -1.86. The van der Waals surface area contributed by atoms with E-state index in [1.807, 2.05) is 0 Å². The highest BCUT2D eigenvalue weighted by molar-refractivity contribution is 6.03. The molecule has 3 heterocycles. The summed E-state index contributed by atoms with van der Waals surface area (Å²) in [5, 5.41) is 0. The van der Waals surface area contributed by atoms with Gasteiger partial charge in [-0.05, 0) is 88.1 Å². The molecule has 0 aliphatic carbocycles. The third kappa shape index (κ3) is 2.79. The van der Waals surface area contributed by atoms with E-state index < -0.39 is 0 Å². The molecule has 1 N–H and O–H groups in total. The van der Waals surface area contributed by atoms with Gasteiger partial charge in [0, 0.05) is 22.8 Å². The van der Waals surface area contributed by atoms with Crippen LogP contribution in [0.5, 0.6) is 0 Å². The second-order valence-electron chi connectivity index (χ2n) is 6.32. The summed E-state index contributed by atoms with van der Waals surface area (Å²) in [6.45, 7) is 12.6. The first-order valence-corrected chi connectivity index (χ1v) is 7.96. The summed E-state index contributed by atoms with van der Waals surface area (Å²) in [5.41, 5.74) is 11.5. The molecule has 0 radical (unpaired) electrons. The first-order chi connectivity index (χ1) is 10.9. The number of allylic oxidation sites excluding steroid dienone is 4. The van der Waals surface area contributed by atoms with Crippen LogP contribution in [-0.2, 0) is 0 Å². The molecule has 0 unspecified atom stereocenters. The maximum atomic E-state index is 4.63. The summed E-state index contributed by atoms with van der Waals surface area (Å²) < 4.78 is 0. The fourth-order valence-electron chi connectivity index (χ4n) is 2.80. The Morgan fingerprint density at radius 3 is 1.35 bits per heavy atom. The summed E-state index contributed by atoms with van der Waals surface area (Å²) in [6, 6.07) is 4.17. The van der Waals surface area contributed by atoms with Gasteiger partial charge in [-0.25, -0.2) is 0 Å². The minimum atomic E-state index is 1.04. The predicted octanol–water partition coefficient (Wildman–Crippen LogP) is 5.32. The largest absolute Gasteiger partial charge is 0.355 e. The van der Waals surface area contributed by atoms with Gasteiger partial charge in [0.2, 0.25) is 0 Å². The zero-order valence-corrected chi connectivity index (χ0v) is 14.7. The molecule has 1 aromatic heterocycles. The van der Waals surface area contributed by atoms with Crippen molar-refractivity contribution in [1.29, 1.82) is 0 Å².